The molecule has 0 saturated heterocycles. The van der Waals surface area contributed by atoms with E-state index in [4.69, 9.17) is 9.84 Å². The van der Waals surface area contributed by atoms with E-state index in [1.165, 1.54) is 11.3 Å². The van der Waals surface area contributed by atoms with Gasteiger partial charge < -0.3 is 9.84 Å². The first-order chi connectivity index (χ1) is 8.69. The number of hydrogen-bond donors (Lipinski definition) is 1. The summed E-state index contributed by atoms with van der Waals surface area (Å²) in [7, 11) is 0. The number of carboxylic acid groups (broad SMARTS) is 1. The topological polar surface area (TPSA) is 59.4 Å². The molecule has 1 N–H and O–H groups in total. The minimum absolute atomic E-state index is 0.0400. The van der Waals surface area contributed by atoms with Crippen LogP contribution in [0.4, 0.5) is 0 Å². The normalized spacial score (nSPS) is 10.3. The van der Waals surface area contributed by atoms with Crippen molar-refractivity contribution in [3.63, 3.8) is 0 Å². The molecule has 0 bridgehead atoms. The second kappa shape index (κ2) is 5.64. The van der Waals surface area contributed by atoms with Gasteiger partial charge in [-0.05, 0) is 19.1 Å². The lowest BCUT2D eigenvalue weighted by atomic mass is 10.2. The Balaban J connectivity index is 2.22. The molecule has 0 atom stereocenters. The number of carbonyl (C=O) groups is 1. The lowest BCUT2D eigenvalue weighted by Gasteiger charge is -2.03. The van der Waals surface area contributed by atoms with Crippen LogP contribution in [0.25, 0.3) is 10.6 Å². The summed E-state index contributed by atoms with van der Waals surface area (Å²) in [6.45, 7) is 2.55. The SMILES string of the molecule is CCOc1cccc(-c2nc(CC(=O)O)cs2)c1. The number of nitrogens with zero attached hydrogens (tertiary/aromatic N) is 1. The number of ether oxygens (including phenoxy) is 1. The second-order valence-electron chi connectivity index (χ2n) is 3.68. The molecule has 18 heavy (non-hydrogen) atoms. The van der Waals surface area contributed by atoms with Gasteiger partial charge in [0.1, 0.15) is 10.8 Å². The summed E-state index contributed by atoms with van der Waals surface area (Å²) in [6, 6.07) is 7.64. The molecule has 1 aromatic carbocycles. The molecule has 0 aliphatic heterocycles. The van der Waals surface area contributed by atoms with Crippen LogP contribution >= 0.6 is 11.3 Å². The molecule has 0 radical (unpaired) electrons. The monoisotopic (exact) mass is 263 g/mol. The minimum Gasteiger partial charge on any atom is -0.494 e. The number of aromatic nitrogens is 1. The Kier molecular flexibility index (Phi) is 3.94. The van der Waals surface area contributed by atoms with E-state index < -0.39 is 5.97 Å². The molecule has 4 nitrogen and oxygen atoms in total. The van der Waals surface area contributed by atoms with E-state index in [2.05, 4.69) is 4.98 Å². The van der Waals surface area contributed by atoms with Crippen LogP contribution < -0.4 is 4.74 Å². The smallest absolute Gasteiger partial charge is 0.309 e. The van der Waals surface area contributed by atoms with Gasteiger partial charge in [-0.15, -0.1) is 11.3 Å². The van der Waals surface area contributed by atoms with Gasteiger partial charge in [0.2, 0.25) is 0 Å². The Morgan fingerprint density at radius 3 is 3.06 bits per heavy atom. The molecule has 0 amide bonds. The summed E-state index contributed by atoms with van der Waals surface area (Å²) in [5.41, 5.74) is 1.53. The molecule has 0 aliphatic rings. The largest absolute Gasteiger partial charge is 0.494 e. The second-order valence-corrected chi connectivity index (χ2v) is 4.53. The van der Waals surface area contributed by atoms with Gasteiger partial charge in [0.05, 0.1) is 18.7 Å². The molecule has 1 heterocycles. The summed E-state index contributed by atoms with van der Waals surface area (Å²) in [5.74, 6) is -0.0695. The van der Waals surface area contributed by atoms with Crippen LogP contribution in [0.5, 0.6) is 5.75 Å². The third-order valence-corrected chi connectivity index (χ3v) is 3.22. The van der Waals surface area contributed by atoms with Gasteiger partial charge in [0.25, 0.3) is 0 Å². The molecule has 5 heteroatoms. The van der Waals surface area contributed by atoms with E-state index in [0.717, 1.165) is 16.3 Å². The third-order valence-electron chi connectivity index (χ3n) is 2.28. The van der Waals surface area contributed by atoms with E-state index in [1.54, 1.807) is 5.38 Å². The van der Waals surface area contributed by atoms with Crippen molar-refractivity contribution in [3.05, 3.63) is 35.3 Å². The van der Waals surface area contributed by atoms with E-state index in [0.29, 0.717) is 12.3 Å². The molecule has 94 valence electrons. The van der Waals surface area contributed by atoms with Gasteiger partial charge >= 0.3 is 5.97 Å². The average molecular weight is 263 g/mol. The van der Waals surface area contributed by atoms with E-state index in [1.807, 2.05) is 31.2 Å². The summed E-state index contributed by atoms with van der Waals surface area (Å²) in [6.07, 6.45) is -0.0400. The van der Waals surface area contributed by atoms with E-state index >= 15 is 0 Å². The number of rotatable bonds is 5. The number of carboxylic acids is 1. The maximum atomic E-state index is 10.6. The van der Waals surface area contributed by atoms with Crippen molar-refractivity contribution in [2.24, 2.45) is 0 Å². The molecule has 2 aromatic rings. The highest BCUT2D eigenvalue weighted by Gasteiger charge is 2.08. The van der Waals surface area contributed by atoms with Gasteiger partial charge in [-0.1, -0.05) is 12.1 Å². The molecule has 0 unspecified atom stereocenters. The average Bonchev–Trinajstić information content (AvgIpc) is 2.77. The molecule has 1 aromatic heterocycles. The highest BCUT2D eigenvalue weighted by atomic mass is 32.1. The fourth-order valence-electron chi connectivity index (χ4n) is 1.56. The fraction of sp³-hybridized carbons (Fsp3) is 0.231. The van der Waals surface area contributed by atoms with Crippen LogP contribution in [0.2, 0.25) is 0 Å². The Labute approximate surface area is 109 Å². The lowest BCUT2D eigenvalue weighted by molar-refractivity contribution is -0.136. The highest BCUT2D eigenvalue weighted by molar-refractivity contribution is 7.13. The zero-order valence-electron chi connectivity index (χ0n) is 9.92. The number of benzene rings is 1. The number of thiazole rings is 1. The molecule has 0 saturated carbocycles. The highest BCUT2D eigenvalue weighted by Crippen LogP contribution is 2.27. The summed E-state index contributed by atoms with van der Waals surface area (Å²) in [5, 5.41) is 11.3. The van der Waals surface area contributed by atoms with Gasteiger partial charge in [0.15, 0.2) is 0 Å². The summed E-state index contributed by atoms with van der Waals surface area (Å²) in [4.78, 5) is 14.9. The van der Waals surface area contributed by atoms with Crippen molar-refractivity contribution in [1.29, 1.82) is 0 Å². The van der Waals surface area contributed by atoms with Crippen LogP contribution in [0.15, 0.2) is 29.6 Å². The van der Waals surface area contributed by atoms with Gasteiger partial charge in [-0.25, -0.2) is 4.98 Å². The molecule has 0 aliphatic carbocycles. The molecule has 0 spiro atoms. The number of aliphatic carboxylic acids is 1. The zero-order chi connectivity index (χ0) is 13.0. The molecule has 0 fully saturated rings. The van der Waals surface area contributed by atoms with Crippen molar-refractivity contribution in [3.8, 4) is 16.3 Å². The molecular weight excluding hydrogens is 250 g/mol. The van der Waals surface area contributed by atoms with Gasteiger partial charge in [-0.2, -0.15) is 0 Å². The Bertz CT molecular complexity index is 551. The molecular formula is C13H13NO3S. The fourth-order valence-corrected chi connectivity index (χ4v) is 2.38. The van der Waals surface area contributed by atoms with Gasteiger partial charge in [0, 0.05) is 10.9 Å². The maximum absolute atomic E-state index is 10.6. The van der Waals surface area contributed by atoms with E-state index in [9.17, 15) is 4.79 Å². The van der Waals surface area contributed by atoms with Gasteiger partial charge in [-0.3, -0.25) is 4.79 Å². The van der Waals surface area contributed by atoms with Crippen LogP contribution in [-0.2, 0) is 11.2 Å². The zero-order valence-corrected chi connectivity index (χ0v) is 10.7. The van der Waals surface area contributed by atoms with Crippen molar-refractivity contribution in [2.45, 2.75) is 13.3 Å². The van der Waals surface area contributed by atoms with Crippen molar-refractivity contribution < 1.29 is 14.6 Å². The summed E-state index contributed by atoms with van der Waals surface area (Å²) < 4.78 is 5.42. The Morgan fingerprint density at radius 1 is 1.50 bits per heavy atom. The third kappa shape index (κ3) is 3.07. The van der Waals surface area contributed by atoms with Crippen molar-refractivity contribution >= 4 is 17.3 Å². The maximum Gasteiger partial charge on any atom is 0.309 e. The first-order valence-corrected chi connectivity index (χ1v) is 6.46. The van der Waals surface area contributed by atoms with Crippen LogP contribution in [-0.4, -0.2) is 22.7 Å². The summed E-state index contributed by atoms with van der Waals surface area (Å²) >= 11 is 1.44. The van der Waals surface area contributed by atoms with E-state index in [-0.39, 0.29) is 6.42 Å². The number of hydrogen-bond acceptors (Lipinski definition) is 4. The lowest BCUT2D eigenvalue weighted by Crippen LogP contribution is -1.99. The van der Waals surface area contributed by atoms with Crippen molar-refractivity contribution in [1.82, 2.24) is 4.98 Å². The predicted molar refractivity (Wildman–Crippen MR) is 70.1 cm³/mol. The van der Waals surface area contributed by atoms with Crippen LogP contribution in [0, 0.1) is 0 Å². The first kappa shape index (κ1) is 12.6. The van der Waals surface area contributed by atoms with Crippen molar-refractivity contribution in [2.75, 3.05) is 6.61 Å². The van der Waals surface area contributed by atoms with Crippen LogP contribution in [0.3, 0.4) is 0 Å². The predicted octanol–water partition coefficient (Wildman–Crippen LogP) is 2.84. The Morgan fingerprint density at radius 2 is 2.33 bits per heavy atom. The standard InChI is InChI=1S/C13H13NO3S/c1-2-17-11-5-3-4-9(6-11)13-14-10(8-18-13)7-12(15)16/h3-6,8H,2,7H2,1H3,(H,15,16). The minimum atomic E-state index is -0.866. The first-order valence-electron chi connectivity index (χ1n) is 5.58. The quantitative estimate of drug-likeness (QED) is 0.901. The molecule has 2 rings (SSSR count). The Hall–Kier alpha value is -1.88. The van der Waals surface area contributed by atoms with Crippen LogP contribution in [0.1, 0.15) is 12.6 Å².